The van der Waals surface area contributed by atoms with Gasteiger partial charge in [-0.25, -0.2) is 9.97 Å². The van der Waals surface area contributed by atoms with Crippen molar-refractivity contribution in [1.29, 1.82) is 0 Å². The van der Waals surface area contributed by atoms with Gasteiger partial charge in [0.1, 0.15) is 6.33 Å². The molecule has 0 saturated heterocycles. The van der Waals surface area contributed by atoms with Gasteiger partial charge in [-0.2, -0.15) is 0 Å². The van der Waals surface area contributed by atoms with Crippen LogP contribution in [-0.2, 0) is 6.42 Å². The standard InChI is InChI=1S/C7H9ClN2/c8-3-1-2-7-4-9-6-10-5-7/h4-6H,1-3H2. The van der Waals surface area contributed by atoms with E-state index in [4.69, 9.17) is 11.6 Å². The Morgan fingerprint density at radius 2 is 2.00 bits per heavy atom. The van der Waals surface area contributed by atoms with E-state index in [0.717, 1.165) is 18.4 Å². The molecule has 1 aromatic heterocycles. The number of aromatic nitrogens is 2. The molecule has 0 fully saturated rings. The van der Waals surface area contributed by atoms with Gasteiger partial charge < -0.3 is 0 Å². The molecule has 0 saturated carbocycles. The van der Waals surface area contributed by atoms with E-state index in [2.05, 4.69) is 9.97 Å². The zero-order valence-electron chi connectivity index (χ0n) is 5.63. The minimum atomic E-state index is 0.703. The maximum Gasteiger partial charge on any atom is 0.115 e. The van der Waals surface area contributed by atoms with Crippen LogP contribution in [0.25, 0.3) is 0 Å². The van der Waals surface area contributed by atoms with Crippen molar-refractivity contribution in [2.75, 3.05) is 5.88 Å². The molecular weight excluding hydrogens is 148 g/mol. The first-order valence-electron chi connectivity index (χ1n) is 3.23. The lowest BCUT2D eigenvalue weighted by molar-refractivity contribution is 0.906. The molecule has 0 N–H and O–H groups in total. The first-order valence-corrected chi connectivity index (χ1v) is 3.77. The maximum atomic E-state index is 5.51. The van der Waals surface area contributed by atoms with Crippen LogP contribution in [-0.4, -0.2) is 15.8 Å². The first kappa shape index (κ1) is 7.48. The summed E-state index contributed by atoms with van der Waals surface area (Å²) >= 11 is 5.51. The highest BCUT2D eigenvalue weighted by molar-refractivity contribution is 6.17. The lowest BCUT2D eigenvalue weighted by Gasteiger charge is -1.94. The van der Waals surface area contributed by atoms with Gasteiger partial charge in [0.15, 0.2) is 0 Å². The molecule has 1 aromatic rings. The normalized spacial score (nSPS) is 9.70. The summed E-state index contributed by atoms with van der Waals surface area (Å²) < 4.78 is 0. The van der Waals surface area contributed by atoms with E-state index in [1.54, 1.807) is 0 Å². The summed E-state index contributed by atoms with van der Waals surface area (Å²) in [6, 6.07) is 0. The molecule has 0 aromatic carbocycles. The summed E-state index contributed by atoms with van der Waals surface area (Å²) in [5.41, 5.74) is 1.16. The highest BCUT2D eigenvalue weighted by Crippen LogP contribution is 1.98. The molecule has 10 heavy (non-hydrogen) atoms. The zero-order chi connectivity index (χ0) is 7.23. The molecule has 0 aliphatic rings. The van der Waals surface area contributed by atoms with Crippen molar-refractivity contribution in [3.8, 4) is 0 Å². The lowest BCUT2D eigenvalue weighted by Crippen LogP contribution is -1.88. The Kier molecular flexibility index (Phi) is 3.16. The van der Waals surface area contributed by atoms with E-state index in [1.807, 2.05) is 12.4 Å². The Bertz CT molecular complexity index is 176. The van der Waals surface area contributed by atoms with Crippen molar-refractivity contribution in [3.63, 3.8) is 0 Å². The smallest absolute Gasteiger partial charge is 0.115 e. The molecule has 0 atom stereocenters. The Labute approximate surface area is 65.3 Å². The van der Waals surface area contributed by atoms with Crippen LogP contribution >= 0.6 is 11.6 Å². The molecule has 0 amide bonds. The van der Waals surface area contributed by atoms with Gasteiger partial charge >= 0.3 is 0 Å². The number of rotatable bonds is 3. The molecule has 0 unspecified atom stereocenters. The van der Waals surface area contributed by atoms with Gasteiger partial charge in [0.2, 0.25) is 0 Å². The number of alkyl halides is 1. The molecular formula is C7H9ClN2. The highest BCUT2D eigenvalue weighted by atomic mass is 35.5. The summed E-state index contributed by atoms with van der Waals surface area (Å²) in [6.45, 7) is 0. The van der Waals surface area contributed by atoms with Crippen LogP contribution in [0.4, 0.5) is 0 Å². The second kappa shape index (κ2) is 4.23. The zero-order valence-corrected chi connectivity index (χ0v) is 6.38. The number of hydrogen-bond acceptors (Lipinski definition) is 2. The predicted octanol–water partition coefficient (Wildman–Crippen LogP) is 1.65. The Morgan fingerprint density at radius 1 is 1.30 bits per heavy atom. The summed E-state index contributed by atoms with van der Waals surface area (Å²) in [4.78, 5) is 7.77. The van der Waals surface area contributed by atoms with Crippen LogP contribution in [0, 0.1) is 0 Å². The quantitative estimate of drug-likeness (QED) is 0.622. The molecule has 1 rings (SSSR count). The van der Waals surface area contributed by atoms with E-state index in [9.17, 15) is 0 Å². The second-order valence-corrected chi connectivity index (χ2v) is 2.42. The molecule has 54 valence electrons. The molecule has 0 spiro atoms. The van der Waals surface area contributed by atoms with Crippen LogP contribution < -0.4 is 0 Å². The number of halogens is 1. The van der Waals surface area contributed by atoms with Crippen molar-refractivity contribution >= 4 is 11.6 Å². The van der Waals surface area contributed by atoms with Gasteiger partial charge in [-0.3, -0.25) is 0 Å². The summed E-state index contributed by atoms with van der Waals surface area (Å²) in [6.07, 6.45) is 7.14. The minimum absolute atomic E-state index is 0.703. The van der Waals surface area contributed by atoms with Crippen molar-refractivity contribution in [2.45, 2.75) is 12.8 Å². The molecule has 0 aliphatic heterocycles. The third-order valence-corrected chi connectivity index (χ3v) is 1.48. The first-order chi connectivity index (χ1) is 4.93. The van der Waals surface area contributed by atoms with Gasteiger partial charge in [0.05, 0.1) is 0 Å². The largest absolute Gasteiger partial charge is 0.245 e. The monoisotopic (exact) mass is 156 g/mol. The topological polar surface area (TPSA) is 25.8 Å². The van der Waals surface area contributed by atoms with Crippen LogP contribution in [0.3, 0.4) is 0 Å². The third kappa shape index (κ3) is 2.31. The van der Waals surface area contributed by atoms with Gasteiger partial charge in [-0.1, -0.05) is 0 Å². The predicted molar refractivity (Wildman–Crippen MR) is 41.1 cm³/mol. The van der Waals surface area contributed by atoms with E-state index < -0.39 is 0 Å². The average molecular weight is 157 g/mol. The summed E-state index contributed by atoms with van der Waals surface area (Å²) in [5, 5.41) is 0. The molecule has 1 heterocycles. The number of aryl methyl sites for hydroxylation is 1. The van der Waals surface area contributed by atoms with Crippen LogP contribution in [0.1, 0.15) is 12.0 Å². The van der Waals surface area contributed by atoms with Crippen molar-refractivity contribution in [1.82, 2.24) is 9.97 Å². The van der Waals surface area contributed by atoms with E-state index in [0.29, 0.717) is 5.88 Å². The van der Waals surface area contributed by atoms with E-state index in [1.165, 1.54) is 6.33 Å². The maximum absolute atomic E-state index is 5.51. The fraction of sp³-hybridized carbons (Fsp3) is 0.429. The fourth-order valence-corrected chi connectivity index (χ4v) is 0.864. The molecule has 3 heteroatoms. The van der Waals surface area contributed by atoms with Gasteiger partial charge in [0.25, 0.3) is 0 Å². The molecule has 0 aliphatic carbocycles. The second-order valence-electron chi connectivity index (χ2n) is 2.04. The number of nitrogens with zero attached hydrogens (tertiary/aromatic N) is 2. The molecule has 0 radical (unpaired) electrons. The summed E-state index contributed by atoms with van der Waals surface area (Å²) in [7, 11) is 0. The average Bonchev–Trinajstić information content (AvgIpc) is 2.03. The fourth-order valence-electron chi connectivity index (χ4n) is 0.730. The molecule has 2 nitrogen and oxygen atoms in total. The van der Waals surface area contributed by atoms with E-state index >= 15 is 0 Å². The Balaban J connectivity index is 2.43. The van der Waals surface area contributed by atoms with Gasteiger partial charge in [0, 0.05) is 18.3 Å². The van der Waals surface area contributed by atoms with Crippen molar-refractivity contribution in [3.05, 3.63) is 24.3 Å². The van der Waals surface area contributed by atoms with Crippen LogP contribution in [0.15, 0.2) is 18.7 Å². The third-order valence-electron chi connectivity index (χ3n) is 1.21. The van der Waals surface area contributed by atoms with Gasteiger partial charge in [-0.15, -0.1) is 11.6 Å². The van der Waals surface area contributed by atoms with Crippen LogP contribution in [0.5, 0.6) is 0 Å². The Morgan fingerprint density at radius 3 is 2.60 bits per heavy atom. The molecule has 0 bridgehead atoms. The number of hydrogen-bond donors (Lipinski definition) is 0. The Hall–Kier alpha value is -0.630. The summed E-state index contributed by atoms with van der Waals surface area (Å²) in [5.74, 6) is 0.703. The lowest BCUT2D eigenvalue weighted by atomic mass is 10.2. The van der Waals surface area contributed by atoms with Crippen molar-refractivity contribution < 1.29 is 0 Å². The minimum Gasteiger partial charge on any atom is -0.245 e. The SMILES string of the molecule is ClCCCc1cncnc1. The highest BCUT2D eigenvalue weighted by Gasteiger charge is 1.89. The van der Waals surface area contributed by atoms with Crippen molar-refractivity contribution in [2.24, 2.45) is 0 Å². The van der Waals surface area contributed by atoms with Crippen LogP contribution in [0.2, 0.25) is 0 Å². The van der Waals surface area contributed by atoms with Gasteiger partial charge in [-0.05, 0) is 18.4 Å². The van der Waals surface area contributed by atoms with E-state index in [-0.39, 0.29) is 0 Å².